The lowest BCUT2D eigenvalue weighted by Crippen LogP contribution is -1.99. The topological polar surface area (TPSA) is 17.1 Å². The molecule has 0 heterocycles. The summed E-state index contributed by atoms with van der Waals surface area (Å²) in [6.07, 6.45) is 0. The monoisotopic (exact) mass is 276 g/mol. The summed E-state index contributed by atoms with van der Waals surface area (Å²) in [6, 6.07) is 18.0. The number of Topliss-reactive ketones (excluding diaryl/α,β-unsaturated/α-hetero) is 1. The molecule has 0 aromatic heterocycles. The first kappa shape index (κ1) is 12.9. The largest absolute Gasteiger partial charge is 0.288 e. The molecule has 0 N–H and O–H groups in total. The highest BCUT2D eigenvalue weighted by Crippen LogP contribution is 2.27. The van der Waals surface area contributed by atoms with Crippen molar-refractivity contribution in [3.63, 3.8) is 0 Å². The maximum Gasteiger partial charge on any atom is 0.205 e. The molecule has 2 aromatic rings. The van der Waals surface area contributed by atoms with E-state index in [1.165, 1.54) is 0 Å². The Hall–Kier alpha value is -1.57. The lowest BCUT2D eigenvalue weighted by molar-refractivity contribution is 0.104. The van der Waals surface area contributed by atoms with Gasteiger partial charge in [0.15, 0.2) is 0 Å². The number of halogens is 2. The summed E-state index contributed by atoms with van der Waals surface area (Å²) in [5, 5.41) is 0.306. The van der Waals surface area contributed by atoms with Crippen LogP contribution in [0.3, 0.4) is 0 Å². The first-order valence-electron chi connectivity index (χ1n) is 5.40. The molecule has 0 unspecified atom stereocenters. The van der Waals surface area contributed by atoms with Gasteiger partial charge in [-0.25, -0.2) is 0 Å². The van der Waals surface area contributed by atoms with Crippen LogP contribution in [0.1, 0.15) is 15.9 Å². The number of hydrogen-bond donors (Lipinski definition) is 0. The number of ketones is 1. The van der Waals surface area contributed by atoms with Crippen molar-refractivity contribution in [1.82, 2.24) is 0 Å². The van der Waals surface area contributed by atoms with Gasteiger partial charge in [0.25, 0.3) is 0 Å². The molecule has 90 valence electrons. The molecule has 2 aromatic carbocycles. The van der Waals surface area contributed by atoms with Crippen LogP contribution in [0.25, 0.3) is 5.03 Å². The van der Waals surface area contributed by atoms with E-state index in [0.717, 1.165) is 5.56 Å². The number of benzene rings is 2. The Balaban J connectivity index is 2.37. The summed E-state index contributed by atoms with van der Waals surface area (Å²) in [7, 11) is 0. The summed E-state index contributed by atoms with van der Waals surface area (Å²) in [4.78, 5) is 12.1. The average molecular weight is 277 g/mol. The van der Waals surface area contributed by atoms with Gasteiger partial charge < -0.3 is 0 Å². The van der Waals surface area contributed by atoms with E-state index in [-0.39, 0.29) is 15.8 Å². The molecule has 0 aliphatic rings. The summed E-state index contributed by atoms with van der Waals surface area (Å²) >= 11 is 12.2. The van der Waals surface area contributed by atoms with Gasteiger partial charge in [-0.05, 0) is 5.56 Å². The second-order valence-corrected chi connectivity index (χ2v) is 4.45. The Bertz CT molecular complexity index is 574. The molecular formula is C15H10Cl2O. The van der Waals surface area contributed by atoms with Crippen molar-refractivity contribution >= 4 is 34.0 Å². The second-order valence-electron chi connectivity index (χ2n) is 3.69. The van der Waals surface area contributed by atoms with E-state index in [9.17, 15) is 4.79 Å². The predicted octanol–water partition coefficient (Wildman–Crippen LogP) is 4.72. The van der Waals surface area contributed by atoms with Gasteiger partial charge in [0.05, 0.1) is 5.03 Å². The number of allylic oxidation sites excluding steroid dienone is 1. The van der Waals surface area contributed by atoms with Gasteiger partial charge >= 0.3 is 0 Å². The molecule has 0 spiro atoms. The minimum atomic E-state index is -0.272. The quantitative estimate of drug-likeness (QED) is 0.586. The molecule has 1 nitrogen and oxygen atoms in total. The van der Waals surface area contributed by atoms with Crippen LogP contribution in [-0.4, -0.2) is 5.78 Å². The summed E-state index contributed by atoms with van der Waals surface area (Å²) < 4.78 is 0. The molecule has 18 heavy (non-hydrogen) atoms. The van der Waals surface area contributed by atoms with Crippen molar-refractivity contribution in [3.05, 3.63) is 76.8 Å². The Labute approximate surface area is 116 Å². The molecule has 0 saturated heterocycles. The maximum absolute atomic E-state index is 12.1. The Morgan fingerprint density at radius 1 is 0.722 bits per heavy atom. The van der Waals surface area contributed by atoms with E-state index in [0.29, 0.717) is 5.56 Å². The number of carbonyl (C=O) groups is 1. The Kier molecular flexibility index (Phi) is 4.19. The Morgan fingerprint density at radius 2 is 1.17 bits per heavy atom. The zero-order valence-electron chi connectivity index (χ0n) is 9.44. The van der Waals surface area contributed by atoms with Gasteiger partial charge in [0.2, 0.25) is 5.78 Å². The molecule has 0 aliphatic heterocycles. The van der Waals surface area contributed by atoms with Crippen LogP contribution in [0.4, 0.5) is 0 Å². The van der Waals surface area contributed by atoms with E-state index in [1.807, 2.05) is 36.4 Å². The number of carbonyl (C=O) groups excluding carboxylic acids is 1. The van der Waals surface area contributed by atoms with Crippen molar-refractivity contribution in [1.29, 1.82) is 0 Å². The van der Waals surface area contributed by atoms with Gasteiger partial charge in [0.1, 0.15) is 5.03 Å². The predicted molar refractivity (Wildman–Crippen MR) is 75.8 cm³/mol. The molecule has 0 fully saturated rings. The summed E-state index contributed by atoms with van der Waals surface area (Å²) in [5.74, 6) is -0.272. The van der Waals surface area contributed by atoms with Crippen LogP contribution in [0.2, 0.25) is 0 Å². The van der Waals surface area contributed by atoms with Crippen LogP contribution >= 0.6 is 23.2 Å². The molecule has 0 atom stereocenters. The molecule has 2 rings (SSSR count). The van der Waals surface area contributed by atoms with Crippen LogP contribution in [-0.2, 0) is 0 Å². The third-order valence-electron chi connectivity index (χ3n) is 2.46. The SMILES string of the molecule is O=C(C(Cl)=C(Cl)c1ccccc1)c1ccccc1. The minimum absolute atomic E-state index is 0.0362. The van der Waals surface area contributed by atoms with Crippen molar-refractivity contribution in [2.24, 2.45) is 0 Å². The van der Waals surface area contributed by atoms with E-state index < -0.39 is 0 Å². The first-order chi connectivity index (χ1) is 8.70. The molecule has 0 aliphatic carbocycles. The van der Waals surface area contributed by atoms with Crippen LogP contribution in [0.5, 0.6) is 0 Å². The second kappa shape index (κ2) is 5.85. The van der Waals surface area contributed by atoms with Crippen molar-refractivity contribution in [2.45, 2.75) is 0 Å². The molecule has 0 amide bonds. The van der Waals surface area contributed by atoms with Crippen LogP contribution < -0.4 is 0 Å². The van der Waals surface area contributed by atoms with Crippen molar-refractivity contribution in [3.8, 4) is 0 Å². The fraction of sp³-hybridized carbons (Fsp3) is 0. The van der Waals surface area contributed by atoms with E-state index in [2.05, 4.69) is 0 Å². The third kappa shape index (κ3) is 2.81. The van der Waals surface area contributed by atoms with E-state index >= 15 is 0 Å². The van der Waals surface area contributed by atoms with Gasteiger partial charge in [-0.1, -0.05) is 83.9 Å². The normalized spacial score (nSPS) is 11.9. The van der Waals surface area contributed by atoms with Gasteiger partial charge in [0, 0.05) is 5.56 Å². The molecular weight excluding hydrogens is 267 g/mol. The smallest absolute Gasteiger partial charge is 0.205 e. The lowest BCUT2D eigenvalue weighted by atomic mass is 10.1. The van der Waals surface area contributed by atoms with Gasteiger partial charge in [-0.2, -0.15) is 0 Å². The fourth-order valence-electron chi connectivity index (χ4n) is 1.53. The zero-order valence-corrected chi connectivity index (χ0v) is 10.9. The maximum atomic E-state index is 12.1. The summed E-state index contributed by atoms with van der Waals surface area (Å²) in [6.45, 7) is 0. The standard InChI is InChI=1S/C15H10Cl2O/c16-13(11-7-3-1-4-8-11)14(17)15(18)12-9-5-2-6-10-12/h1-10H. The number of rotatable bonds is 3. The van der Waals surface area contributed by atoms with Gasteiger partial charge in [-0.15, -0.1) is 0 Å². The van der Waals surface area contributed by atoms with Crippen molar-refractivity contribution in [2.75, 3.05) is 0 Å². The highest BCUT2D eigenvalue weighted by molar-refractivity contribution is 6.60. The molecule has 0 saturated carbocycles. The average Bonchev–Trinajstić information content (AvgIpc) is 2.47. The number of hydrogen-bond acceptors (Lipinski definition) is 1. The third-order valence-corrected chi connectivity index (χ3v) is 3.32. The van der Waals surface area contributed by atoms with E-state index in [4.69, 9.17) is 23.2 Å². The molecule has 0 bridgehead atoms. The lowest BCUT2D eigenvalue weighted by Gasteiger charge is -2.03. The first-order valence-corrected chi connectivity index (χ1v) is 6.16. The van der Waals surface area contributed by atoms with Crippen LogP contribution in [0.15, 0.2) is 65.7 Å². The summed E-state index contributed by atoms with van der Waals surface area (Å²) in [5.41, 5.74) is 1.25. The minimum Gasteiger partial charge on any atom is -0.288 e. The Morgan fingerprint density at radius 3 is 1.67 bits per heavy atom. The van der Waals surface area contributed by atoms with Crippen LogP contribution in [0, 0.1) is 0 Å². The highest BCUT2D eigenvalue weighted by Gasteiger charge is 2.14. The van der Waals surface area contributed by atoms with E-state index in [1.54, 1.807) is 24.3 Å². The fourth-order valence-corrected chi connectivity index (χ4v) is 1.96. The highest BCUT2D eigenvalue weighted by atomic mass is 35.5. The zero-order chi connectivity index (χ0) is 13.0. The molecule has 0 radical (unpaired) electrons. The van der Waals surface area contributed by atoms with Gasteiger partial charge in [-0.3, -0.25) is 4.79 Å². The van der Waals surface area contributed by atoms with Crippen molar-refractivity contribution < 1.29 is 4.79 Å². The molecule has 3 heteroatoms.